The molecule has 0 aliphatic carbocycles. The van der Waals surface area contributed by atoms with Gasteiger partial charge >= 0.3 is 0 Å². The summed E-state index contributed by atoms with van der Waals surface area (Å²) in [6, 6.07) is 5.77. The third-order valence-electron chi connectivity index (χ3n) is 5.64. The van der Waals surface area contributed by atoms with Crippen LogP contribution in [0.15, 0.2) is 18.2 Å². The highest BCUT2D eigenvalue weighted by Gasteiger charge is 2.34. The number of ether oxygens (including phenoxy) is 1. The molecule has 0 radical (unpaired) electrons. The molecule has 0 amide bonds. The normalized spacial score (nSPS) is 16.3. The number of hydrogen-bond acceptors (Lipinski definition) is 8. The van der Waals surface area contributed by atoms with Crippen LogP contribution >= 0.6 is 11.3 Å². The molecule has 0 fully saturated rings. The lowest BCUT2D eigenvalue weighted by Crippen LogP contribution is -2.42. The molecule has 5 rings (SSSR count). The van der Waals surface area contributed by atoms with Gasteiger partial charge in [-0.3, -0.25) is 4.90 Å². The predicted octanol–water partition coefficient (Wildman–Crippen LogP) is 2.97. The molecule has 3 aromatic heterocycles. The van der Waals surface area contributed by atoms with E-state index >= 15 is 0 Å². The summed E-state index contributed by atoms with van der Waals surface area (Å²) in [6.07, 6.45) is 0.746. The van der Waals surface area contributed by atoms with Gasteiger partial charge < -0.3 is 10.5 Å². The molecule has 9 heteroatoms. The van der Waals surface area contributed by atoms with Gasteiger partial charge in [-0.2, -0.15) is 4.52 Å². The Morgan fingerprint density at radius 1 is 1.23 bits per heavy atom. The highest BCUT2D eigenvalue weighted by Crippen LogP contribution is 2.36. The van der Waals surface area contributed by atoms with E-state index in [1.54, 1.807) is 23.0 Å². The molecule has 0 saturated carbocycles. The summed E-state index contributed by atoms with van der Waals surface area (Å²) in [7, 11) is 1.63. The number of nitrogen functional groups attached to an aromatic ring is 1. The van der Waals surface area contributed by atoms with Gasteiger partial charge in [0.05, 0.1) is 17.8 Å². The van der Waals surface area contributed by atoms with Crippen LogP contribution in [-0.4, -0.2) is 49.7 Å². The van der Waals surface area contributed by atoms with E-state index in [0.717, 1.165) is 42.3 Å². The van der Waals surface area contributed by atoms with Crippen LogP contribution in [0, 0.1) is 6.92 Å². The summed E-state index contributed by atoms with van der Waals surface area (Å²) >= 11 is 1.80. The van der Waals surface area contributed by atoms with Gasteiger partial charge in [0.1, 0.15) is 11.3 Å². The van der Waals surface area contributed by atoms with Crippen LogP contribution in [0.1, 0.15) is 35.3 Å². The number of aryl methyl sites for hydroxylation is 1. The molecule has 1 aliphatic heterocycles. The number of rotatable bonds is 4. The van der Waals surface area contributed by atoms with Crippen LogP contribution in [0.5, 0.6) is 5.75 Å². The minimum Gasteiger partial charge on any atom is -0.494 e. The second-order valence-corrected chi connectivity index (χ2v) is 9.73. The summed E-state index contributed by atoms with van der Waals surface area (Å²) in [5.41, 5.74) is 8.89. The fourth-order valence-corrected chi connectivity index (χ4v) is 5.51. The maximum absolute atomic E-state index is 6.17. The van der Waals surface area contributed by atoms with E-state index in [-0.39, 0.29) is 5.41 Å². The maximum atomic E-state index is 6.17. The average Bonchev–Trinajstić information content (AvgIpc) is 3.30. The Hall–Kier alpha value is -2.78. The molecule has 1 aromatic carbocycles. The number of thiazole rings is 1. The van der Waals surface area contributed by atoms with Crippen LogP contribution in [0.4, 0.5) is 5.95 Å². The number of nitrogens with zero attached hydrogens (tertiary/aromatic N) is 6. The molecule has 4 aromatic rings. The number of fused-ring (bicyclic) bond motifs is 4. The monoisotopic (exact) mass is 423 g/mol. The van der Waals surface area contributed by atoms with Crippen LogP contribution in [0.2, 0.25) is 0 Å². The number of aromatic nitrogens is 5. The van der Waals surface area contributed by atoms with Gasteiger partial charge in [0.2, 0.25) is 5.95 Å². The smallest absolute Gasteiger partial charge is 0.223 e. The van der Waals surface area contributed by atoms with E-state index in [4.69, 9.17) is 20.4 Å². The topological polar surface area (TPSA) is 94.5 Å². The summed E-state index contributed by atoms with van der Waals surface area (Å²) in [4.78, 5) is 17.9. The first-order chi connectivity index (χ1) is 14.4. The minimum atomic E-state index is 0.0474. The van der Waals surface area contributed by atoms with Gasteiger partial charge in [-0.05, 0) is 19.1 Å². The minimum absolute atomic E-state index is 0.0474. The highest BCUT2D eigenvalue weighted by atomic mass is 32.1. The third kappa shape index (κ3) is 3.09. The standard InChI is InChI=1S/C21H25N7OS/c1-12-23-18-15(30-12)10-27(11-21(18,2)3)9-8-16-24-19-13-6-5-7-14(29-4)17(13)25-20(22)28(19)26-16/h5-7H,8-11H2,1-4H3,(H2,22,25). The molecule has 0 atom stereocenters. The SMILES string of the molecule is COc1cccc2c1nc(N)n1nc(CCN3Cc4sc(C)nc4C(C)(C)C3)nc21. The van der Waals surface area contributed by atoms with E-state index < -0.39 is 0 Å². The van der Waals surface area contributed by atoms with Crippen LogP contribution in [-0.2, 0) is 18.4 Å². The molecule has 8 nitrogen and oxygen atoms in total. The summed E-state index contributed by atoms with van der Waals surface area (Å²) in [6.45, 7) is 9.41. The number of hydrogen-bond donors (Lipinski definition) is 1. The van der Waals surface area contributed by atoms with Crippen LogP contribution in [0.25, 0.3) is 16.6 Å². The lowest BCUT2D eigenvalue weighted by atomic mass is 9.85. The highest BCUT2D eigenvalue weighted by molar-refractivity contribution is 7.11. The van der Waals surface area contributed by atoms with Crippen LogP contribution in [0.3, 0.4) is 0 Å². The predicted molar refractivity (Wildman–Crippen MR) is 118 cm³/mol. The Labute approximate surface area is 178 Å². The van der Waals surface area contributed by atoms with Crippen molar-refractivity contribution in [2.45, 2.75) is 39.2 Å². The molecular weight excluding hydrogens is 398 g/mol. The Kier molecular flexibility index (Phi) is 4.41. The Morgan fingerprint density at radius 3 is 2.87 bits per heavy atom. The van der Waals surface area contributed by atoms with E-state index in [1.807, 2.05) is 18.2 Å². The van der Waals surface area contributed by atoms with Gasteiger partial charge in [-0.25, -0.2) is 15.0 Å². The molecule has 156 valence electrons. The summed E-state index contributed by atoms with van der Waals surface area (Å²) in [5, 5.41) is 6.65. The molecule has 30 heavy (non-hydrogen) atoms. The summed E-state index contributed by atoms with van der Waals surface area (Å²) < 4.78 is 7.06. The van der Waals surface area contributed by atoms with Crippen molar-refractivity contribution >= 4 is 33.8 Å². The zero-order valence-corrected chi connectivity index (χ0v) is 18.5. The fraction of sp³-hybridized carbons (Fsp3) is 0.429. The quantitative estimate of drug-likeness (QED) is 0.539. The van der Waals surface area contributed by atoms with Crippen LogP contribution < -0.4 is 10.5 Å². The average molecular weight is 424 g/mol. The molecule has 0 bridgehead atoms. The van der Waals surface area contributed by atoms with Crippen molar-refractivity contribution in [2.75, 3.05) is 25.9 Å². The lowest BCUT2D eigenvalue weighted by Gasteiger charge is -2.36. The van der Waals surface area contributed by atoms with Crippen molar-refractivity contribution in [1.29, 1.82) is 0 Å². The Morgan fingerprint density at radius 2 is 2.07 bits per heavy atom. The third-order valence-corrected chi connectivity index (χ3v) is 6.59. The molecule has 0 saturated heterocycles. The van der Waals surface area contributed by atoms with Crippen molar-refractivity contribution in [3.8, 4) is 5.75 Å². The van der Waals surface area contributed by atoms with Crippen molar-refractivity contribution in [3.05, 3.63) is 39.6 Å². The molecule has 0 unspecified atom stereocenters. The second kappa shape index (κ2) is 6.88. The number of anilines is 1. The van der Waals surface area contributed by atoms with Crippen molar-refractivity contribution in [1.82, 2.24) is 29.5 Å². The molecule has 0 spiro atoms. The van der Waals surface area contributed by atoms with E-state index in [2.05, 4.69) is 35.8 Å². The van der Waals surface area contributed by atoms with Gasteiger partial charge in [0.25, 0.3) is 0 Å². The van der Waals surface area contributed by atoms with Gasteiger partial charge in [-0.15, -0.1) is 16.4 Å². The molecular formula is C21H25N7OS. The van der Waals surface area contributed by atoms with Crippen molar-refractivity contribution in [2.24, 2.45) is 0 Å². The number of benzene rings is 1. The van der Waals surface area contributed by atoms with Gasteiger partial charge in [-0.1, -0.05) is 19.9 Å². The maximum Gasteiger partial charge on any atom is 0.223 e. The number of para-hydroxylation sites is 1. The Bertz CT molecular complexity index is 1260. The van der Waals surface area contributed by atoms with Crippen molar-refractivity contribution in [3.63, 3.8) is 0 Å². The zero-order valence-electron chi connectivity index (χ0n) is 17.6. The van der Waals surface area contributed by atoms with E-state index in [9.17, 15) is 0 Å². The van der Waals surface area contributed by atoms with Gasteiger partial charge in [0, 0.05) is 41.7 Å². The lowest BCUT2D eigenvalue weighted by molar-refractivity contribution is 0.195. The van der Waals surface area contributed by atoms with Gasteiger partial charge in [0.15, 0.2) is 11.5 Å². The van der Waals surface area contributed by atoms with E-state index in [0.29, 0.717) is 22.9 Å². The first-order valence-corrected chi connectivity index (χ1v) is 10.8. The first kappa shape index (κ1) is 19.2. The number of nitrogens with two attached hydrogens (primary N) is 1. The summed E-state index contributed by atoms with van der Waals surface area (Å²) in [5.74, 6) is 1.75. The number of methoxy groups -OCH3 is 1. The Balaban J connectivity index is 1.43. The molecule has 4 heterocycles. The first-order valence-electron chi connectivity index (χ1n) is 10.0. The molecule has 2 N–H and O–H groups in total. The van der Waals surface area contributed by atoms with E-state index in [1.165, 1.54) is 10.6 Å². The van der Waals surface area contributed by atoms with Crippen molar-refractivity contribution < 1.29 is 4.74 Å². The zero-order chi connectivity index (χ0) is 21.0. The molecule has 1 aliphatic rings. The fourth-order valence-electron chi connectivity index (χ4n) is 4.35. The second-order valence-electron chi connectivity index (χ2n) is 8.44. The largest absolute Gasteiger partial charge is 0.494 e.